The van der Waals surface area contributed by atoms with Crippen LogP contribution in [-0.2, 0) is 10.2 Å². The third-order valence-corrected chi connectivity index (χ3v) is 2.94. The van der Waals surface area contributed by atoms with Crippen LogP contribution in [-0.4, -0.2) is 28.8 Å². The van der Waals surface area contributed by atoms with Crippen LogP contribution in [0, 0.1) is 6.92 Å². The molecular weight excluding hydrogens is 276 g/mol. The Kier molecular flexibility index (Phi) is 5.39. The van der Waals surface area contributed by atoms with Gasteiger partial charge in [0, 0.05) is 11.0 Å². The van der Waals surface area contributed by atoms with Gasteiger partial charge in [-0.05, 0) is 27.7 Å². The summed E-state index contributed by atoms with van der Waals surface area (Å²) in [6.07, 6.45) is 0. The molecule has 5 heteroatoms. The van der Waals surface area contributed by atoms with Gasteiger partial charge in [0.1, 0.15) is 17.6 Å². The molecule has 0 fully saturated rings. The molecule has 0 radical (unpaired) electrons. The van der Waals surface area contributed by atoms with Crippen LogP contribution in [0.25, 0.3) is 0 Å². The van der Waals surface area contributed by atoms with E-state index in [1.807, 2.05) is 48.5 Å². The number of nitrogens with zero attached hydrogens (tertiary/aromatic N) is 2. The lowest BCUT2D eigenvalue weighted by molar-refractivity contribution is -0.0169. The lowest BCUT2D eigenvalue weighted by Crippen LogP contribution is -2.23. The van der Waals surface area contributed by atoms with Crippen molar-refractivity contribution in [3.05, 3.63) is 16.5 Å². The van der Waals surface area contributed by atoms with Crippen molar-refractivity contribution in [1.29, 1.82) is 0 Å². The van der Waals surface area contributed by atoms with E-state index in [0.29, 0.717) is 30.1 Å². The van der Waals surface area contributed by atoms with E-state index >= 15 is 0 Å². The largest absolute Gasteiger partial charge is 0.475 e. The number of rotatable bonds is 4. The van der Waals surface area contributed by atoms with E-state index in [1.165, 1.54) is 0 Å². The molecule has 0 saturated carbocycles. The van der Waals surface area contributed by atoms with Crippen molar-refractivity contribution in [3.8, 4) is 5.88 Å². The third kappa shape index (κ3) is 5.25. The normalized spacial score (nSPS) is 12.6. The van der Waals surface area contributed by atoms with Crippen molar-refractivity contribution in [2.24, 2.45) is 0 Å². The first-order valence-electron chi connectivity index (χ1n) is 6.82. The summed E-state index contributed by atoms with van der Waals surface area (Å²) >= 11 is 6.15. The third-order valence-electron chi connectivity index (χ3n) is 2.57. The van der Waals surface area contributed by atoms with Crippen molar-refractivity contribution < 1.29 is 9.47 Å². The number of hydrogen-bond donors (Lipinski definition) is 0. The number of halogens is 1. The quantitative estimate of drug-likeness (QED) is 0.624. The van der Waals surface area contributed by atoms with E-state index in [4.69, 9.17) is 21.1 Å². The molecule has 20 heavy (non-hydrogen) atoms. The van der Waals surface area contributed by atoms with Crippen LogP contribution in [0.2, 0.25) is 5.15 Å². The monoisotopic (exact) mass is 300 g/mol. The fourth-order valence-electron chi connectivity index (χ4n) is 1.43. The van der Waals surface area contributed by atoms with Crippen LogP contribution < -0.4 is 4.74 Å². The topological polar surface area (TPSA) is 44.2 Å². The minimum atomic E-state index is -0.169. The van der Waals surface area contributed by atoms with Gasteiger partial charge in [-0.3, -0.25) is 0 Å². The number of aromatic nitrogens is 2. The molecule has 0 aliphatic heterocycles. The lowest BCUT2D eigenvalue weighted by atomic mass is 9.96. The molecule has 0 aromatic carbocycles. The minimum absolute atomic E-state index is 0.168. The molecule has 0 amide bonds. The first kappa shape index (κ1) is 17.2. The molecule has 0 spiro atoms. The predicted molar refractivity (Wildman–Crippen MR) is 81.7 cm³/mol. The number of ether oxygens (including phenoxy) is 2. The van der Waals surface area contributed by atoms with E-state index in [0.717, 1.165) is 5.56 Å². The van der Waals surface area contributed by atoms with Crippen molar-refractivity contribution in [2.45, 2.75) is 59.5 Å². The Bertz CT molecular complexity index is 462. The molecule has 0 atom stereocenters. The molecule has 4 nitrogen and oxygen atoms in total. The summed E-state index contributed by atoms with van der Waals surface area (Å²) in [5, 5.41) is 0.441. The van der Waals surface area contributed by atoms with Crippen LogP contribution >= 0.6 is 11.6 Å². The Hall–Kier alpha value is -0.870. The molecule has 0 aliphatic carbocycles. The first-order chi connectivity index (χ1) is 9.00. The van der Waals surface area contributed by atoms with Crippen molar-refractivity contribution in [3.63, 3.8) is 0 Å². The molecule has 1 heterocycles. The van der Waals surface area contributed by atoms with Gasteiger partial charge in [0.25, 0.3) is 0 Å². The molecule has 0 saturated heterocycles. The average Bonchev–Trinajstić information content (AvgIpc) is 2.26. The predicted octanol–water partition coefficient (Wildman–Crippen LogP) is 3.93. The Labute approximate surface area is 126 Å². The molecule has 1 aromatic heterocycles. The zero-order valence-electron chi connectivity index (χ0n) is 13.5. The number of hydrogen-bond acceptors (Lipinski definition) is 4. The zero-order chi connectivity index (χ0) is 15.6. The van der Waals surface area contributed by atoms with Crippen LogP contribution in [0.5, 0.6) is 5.88 Å². The van der Waals surface area contributed by atoms with Crippen LogP contribution in [0.4, 0.5) is 0 Å². The van der Waals surface area contributed by atoms with Crippen LogP contribution in [0.3, 0.4) is 0 Å². The average molecular weight is 301 g/mol. The van der Waals surface area contributed by atoms with Gasteiger partial charge in [-0.2, -0.15) is 4.98 Å². The second-order valence-corrected chi connectivity index (χ2v) is 7.19. The van der Waals surface area contributed by atoms with Gasteiger partial charge in [0.05, 0.1) is 12.2 Å². The molecule has 0 unspecified atom stereocenters. The highest BCUT2D eigenvalue weighted by Gasteiger charge is 2.21. The Morgan fingerprint density at radius 2 is 1.60 bits per heavy atom. The van der Waals surface area contributed by atoms with Gasteiger partial charge in [-0.25, -0.2) is 4.98 Å². The lowest BCUT2D eigenvalue weighted by Gasteiger charge is -2.21. The highest BCUT2D eigenvalue weighted by Crippen LogP contribution is 2.27. The van der Waals surface area contributed by atoms with E-state index in [-0.39, 0.29) is 11.0 Å². The molecule has 1 rings (SSSR count). The second kappa shape index (κ2) is 6.27. The minimum Gasteiger partial charge on any atom is -0.475 e. The van der Waals surface area contributed by atoms with E-state index in [1.54, 1.807) is 0 Å². The highest BCUT2D eigenvalue weighted by atomic mass is 35.5. The second-order valence-electron chi connectivity index (χ2n) is 6.83. The van der Waals surface area contributed by atoms with Gasteiger partial charge < -0.3 is 9.47 Å². The maximum absolute atomic E-state index is 6.15. The van der Waals surface area contributed by atoms with E-state index in [9.17, 15) is 0 Å². The van der Waals surface area contributed by atoms with Crippen molar-refractivity contribution in [1.82, 2.24) is 9.97 Å². The van der Waals surface area contributed by atoms with Gasteiger partial charge in [0.15, 0.2) is 0 Å². The van der Waals surface area contributed by atoms with E-state index in [2.05, 4.69) is 9.97 Å². The summed E-state index contributed by atoms with van der Waals surface area (Å²) in [5.41, 5.74) is 0.422. The SMILES string of the molecule is Cc1c(Cl)nc(C(C)(C)C)nc1OCCOC(C)(C)C. The summed E-state index contributed by atoms with van der Waals surface area (Å²) in [4.78, 5) is 8.78. The molecule has 1 aromatic rings. The highest BCUT2D eigenvalue weighted by molar-refractivity contribution is 6.30. The first-order valence-corrected chi connectivity index (χ1v) is 7.20. The summed E-state index contributed by atoms with van der Waals surface area (Å²) in [7, 11) is 0. The Balaban J connectivity index is 2.77. The van der Waals surface area contributed by atoms with Crippen LogP contribution in [0.1, 0.15) is 52.9 Å². The summed E-state index contributed by atoms with van der Waals surface area (Å²) in [6, 6.07) is 0. The van der Waals surface area contributed by atoms with Gasteiger partial charge in [-0.1, -0.05) is 32.4 Å². The summed E-state index contributed by atoms with van der Waals surface area (Å²) in [5.74, 6) is 1.22. The summed E-state index contributed by atoms with van der Waals surface area (Å²) in [6.45, 7) is 15.0. The van der Waals surface area contributed by atoms with E-state index < -0.39 is 0 Å². The molecule has 114 valence electrons. The molecule has 0 N–H and O–H groups in total. The smallest absolute Gasteiger partial charge is 0.221 e. The molecule has 0 bridgehead atoms. The van der Waals surface area contributed by atoms with Gasteiger partial charge in [-0.15, -0.1) is 0 Å². The van der Waals surface area contributed by atoms with Gasteiger partial charge in [0.2, 0.25) is 5.88 Å². The fraction of sp³-hybridized carbons (Fsp3) is 0.733. The van der Waals surface area contributed by atoms with Crippen molar-refractivity contribution in [2.75, 3.05) is 13.2 Å². The Morgan fingerprint density at radius 3 is 2.10 bits per heavy atom. The standard InChI is InChI=1S/C15H25ClN2O2/c1-10-11(16)17-13(14(2,3)4)18-12(10)19-8-9-20-15(5,6)7/h8-9H2,1-7H3. The molecule has 0 aliphatic rings. The van der Waals surface area contributed by atoms with Gasteiger partial charge >= 0.3 is 0 Å². The van der Waals surface area contributed by atoms with Crippen LogP contribution in [0.15, 0.2) is 0 Å². The Morgan fingerprint density at radius 1 is 1.00 bits per heavy atom. The summed E-state index contributed by atoms with van der Waals surface area (Å²) < 4.78 is 11.3. The maximum Gasteiger partial charge on any atom is 0.221 e. The fourth-order valence-corrected chi connectivity index (χ4v) is 1.59. The zero-order valence-corrected chi connectivity index (χ0v) is 14.3. The van der Waals surface area contributed by atoms with Crippen molar-refractivity contribution >= 4 is 11.6 Å². The maximum atomic E-state index is 6.15. The molecular formula is C15H25ClN2O2.